The van der Waals surface area contributed by atoms with Gasteiger partial charge in [-0.15, -0.1) is 0 Å². The second kappa shape index (κ2) is 11.7. The summed E-state index contributed by atoms with van der Waals surface area (Å²) < 4.78 is 5.48. The van der Waals surface area contributed by atoms with E-state index in [1.165, 1.54) is 6.33 Å². The van der Waals surface area contributed by atoms with Gasteiger partial charge < -0.3 is 30.6 Å². The normalized spacial score (nSPS) is 14.9. The molecular weight excluding hydrogens is 406 g/mol. The molecule has 0 atom stereocenters. The molecule has 0 aliphatic carbocycles. The largest absolute Gasteiger partial charge is 0.380 e. The molecule has 1 aliphatic heterocycles. The highest BCUT2D eigenvalue weighted by atomic mass is 16.5. The van der Waals surface area contributed by atoms with Crippen LogP contribution >= 0.6 is 0 Å². The van der Waals surface area contributed by atoms with Crippen LogP contribution in [0.2, 0.25) is 0 Å². The van der Waals surface area contributed by atoms with Crippen molar-refractivity contribution in [3.8, 4) is 0 Å². The summed E-state index contributed by atoms with van der Waals surface area (Å²) >= 11 is 0. The minimum atomic E-state index is 0.360. The van der Waals surface area contributed by atoms with Gasteiger partial charge in [0.25, 0.3) is 0 Å². The van der Waals surface area contributed by atoms with Gasteiger partial charge in [0, 0.05) is 32.4 Å². The van der Waals surface area contributed by atoms with E-state index in [0.717, 1.165) is 25.9 Å². The molecule has 3 rings (SSSR count). The number of piperidine rings is 1. The van der Waals surface area contributed by atoms with Crippen LogP contribution in [0.1, 0.15) is 38.8 Å². The van der Waals surface area contributed by atoms with Crippen LogP contribution in [-0.2, 0) is 4.74 Å². The van der Waals surface area contributed by atoms with Gasteiger partial charge in [0.15, 0.2) is 5.82 Å². The number of nitrogens with zero attached hydrogens (tertiary/aromatic N) is 6. The van der Waals surface area contributed by atoms with Crippen molar-refractivity contribution >= 4 is 29.0 Å². The number of aromatic nitrogens is 4. The van der Waals surface area contributed by atoms with Crippen LogP contribution in [0.4, 0.5) is 23.3 Å². The molecule has 10 heteroatoms. The average Bonchev–Trinajstić information content (AvgIpc) is 2.82. The summed E-state index contributed by atoms with van der Waals surface area (Å²) in [5, 5.41) is 15.3. The highest BCUT2D eigenvalue weighted by Crippen LogP contribution is 2.30. The lowest BCUT2D eigenvalue weighted by atomic mass is 10.0. The van der Waals surface area contributed by atoms with E-state index in [1.54, 1.807) is 12.3 Å². The molecule has 0 saturated carbocycles. The first kappa shape index (κ1) is 23.8. The molecule has 1 aliphatic rings. The number of anilines is 4. The minimum Gasteiger partial charge on any atom is -0.380 e. The maximum absolute atomic E-state index is 8.58. The molecular formula is C22H35N9O. The molecule has 10 nitrogen and oxygen atoms in total. The fourth-order valence-electron chi connectivity index (χ4n) is 3.67. The Balaban J connectivity index is 1.98. The number of rotatable bonds is 11. The highest BCUT2D eigenvalue weighted by Gasteiger charge is 2.25. The Morgan fingerprint density at radius 1 is 1.28 bits per heavy atom. The topological polar surface area (TPSA) is 115 Å². The molecule has 2 aromatic rings. The smallest absolute Gasteiger partial charge is 0.228 e. The van der Waals surface area contributed by atoms with Crippen molar-refractivity contribution in [2.75, 3.05) is 62.5 Å². The fourth-order valence-corrected chi connectivity index (χ4v) is 3.67. The third kappa shape index (κ3) is 6.10. The van der Waals surface area contributed by atoms with Gasteiger partial charge in [-0.3, -0.25) is 0 Å². The zero-order valence-corrected chi connectivity index (χ0v) is 19.6. The zero-order chi connectivity index (χ0) is 22.9. The average molecular weight is 442 g/mol. The molecule has 1 saturated heterocycles. The predicted octanol–water partition coefficient (Wildman–Crippen LogP) is 2.77. The van der Waals surface area contributed by atoms with Gasteiger partial charge in [-0.2, -0.15) is 4.98 Å². The van der Waals surface area contributed by atoms with Crippen LogP contribution in [0.25, 0.3) is 0 Å². The van der Waals surface area contributed by atoms with Gasteiger partial charge in [-0.1, -0.05) is 6.92 Å². The molecule has 3 N–H and O–H groups in total. The van der Waals surface area contributed by atoms with E-state index in [9.17, 15) is 0 Å². The molecule has 0 radical (unpaired) electrons. The van der Waals surface area contributed by atoms with Crippen LogP contribution in [-0.4, -0.2) is 83.5 Å². The van der Waals surface area contributed by atoms with E-state index in [1.807, 2.05) is 20.9 Å². The van der Waals surface area contributed by atoms with Gasteiger partial charge >= 0.3 is 0 Å². The van der Waals surface area contributed by atoms with E-state index in [4.69, 9.17) is 20.1 Å². The van der Waals surface area contributed by atoms with Crippen LogP contribution in [0, 0.1) is 5.41 Å². The van der Waals surface area contributed by atoms with Gasteiger partial charge in [-0.25, -0.2) is 15.0 Å². The standard InChI is InChI=1S/C22H35N9O/c1-5-17(23)19-20(25-11-14-32-6-2)21(27-18-7-10-24-15-26-18)29-22(28-19)31(4)16-8-12-30(3)13-9-16/h7,10,15-16,23,25H,5-6,8-9,11-14H2,1-4H3,(H,24,26,27,28,29). The van der Waals surface area contributed by atoms with Crippen molar-refractivity contribution in [2.24, 2.45) is 0 Å². The minimum absolute atomic E-state index is 0.360. The van der Waals surface area contributed by atoms with Crippen LogP contribution in [0.15, 0.2) is 18.6 Å². The molecule has 32 heavy (non-hydrogen) atoms. The maximum atomic E-state index is 8.58. The van der Waals surface area contributed by atoms with E-state index in [2.05, 4.69) is 37.4 Å². The summed E-state index contributed by atoms with van der Waals surface area (Å²) in [7, 11) is 4.20. The maximum Gasteiger partial charge on any atom is 0.228 e. The van der Waals surface area contributed by atoms with Gasteiger partial charge in [0.2, 0.25) is 5.95 Å². The number of likely N-dealkylation sites (tertiary alicyclic amines) is 1. The van der Waals surface area contributed by atoms with Crippen LogP contribution < -0.4 is 15.5 Å². The first-order valence-corrected chi connectivity index (χ1v) is 11.3. The lowest BCUT2D eigenvalue weighted by Crippen LogP contribution is -2.42. The fraction of sp³-hybridized carbons (Fsp3) is 0.591. The number of ether oxygens (including phenoxy) is 1. The molecule has 3 heterocycles. The van der Waals surface area contributed by atoms with Crippen molar-refractivity contribution < 1.29 is 4.74 Å². The van der Waals surface area contributed by atoms with E-state index in [-0.39, 0.29) is 0 Å². The summed E-state index contributed by atoms with van der Waals surface area (Å²) in [5.74, 6) is 1.84. The van der Waals surface area contributed by atoms with E-state index >= 15 is 0 Å². The number of hydrogen-bond acceptors (Lipinski definition) is 10. The predicted molar refractivity (Wildman–Crippen MR) is 128 cm³/mol. The van der Waals surface area contributed by atoms with Crippen LogP contribution in [0.3, 0.4) is 0 Å². The molecule has 174 valence electrons. The lowest BCUT2D eigenvalue weighted by molar-refractivity contribution is 0.158. The van der Waals surface area contributed by atoms with Crippen LogP contribution in [0.5, 0.6) is 0 Å². The summed E-state index contributed by atoms with van der Waals surface area (Å²) in [6, 6.07) is 2.15. The number of hydrogen-bond donors (Lipinski definition) is 3. The third-order valence-electron chi connectivity index (χ3n) is 5.67. The molecule has 0 amide bonds. The number of nitrogens with one attached hydrogen (secondary N) is 3. The second-order valence-corrected chi connectivity index (χ2v) is 7.92. The van der Waals surface area contributed by atoms with Gasteiger partial charge in [-0.05, 0) is 52.4 Å². The third-order valence-corrected chi connectivity index (χ3v) is 5.67. The van der Waals surface area contributed by atoms with E-state index in [0.29, 0.717) is 66.9 Å². The summed E-state index contributed by atoms with van der Waals surface area (Å²) in [6.45, 7) is 7.83. The first-order chi connectivity index (χ1) is 15.5. The molecule has 0 unspecified atom stereocenters. The van der Waals surface area contributed by atoms with Crippen molar-refractivity contribution in [1.29, 1.82) is 5.41 Å². The molecule has 1 fully saturated rings. The Hall–Kier alpha value is -2.85. The van der Waals surface area contributed by atoms with E-state index < -0.39 is 0 Å². The quantitative estimate of drug-likeness (QED) is 0.357. The summed E-state index contributed by atoms with van der Waals surface area (Å²) in [6.07, 6.45) is 5.85. The van der Waals surface area contributed by atoms with Crippen molar-refractivity contribution in [2.45, 2.75) is 39.2 Å². The monoisotopic (exact) mass is 441 g/mol. The van der Waals surface area contributed by atoms with Crippen molar-refractivity contribution in [3.05, 3.63) is 24.3 Å². The molecule has 0 bridgehead atoms. The van der Waals surface area contributed by atoms with Gasteiger partial charge in [0.05, 0.1) is 12.3 Å². The zero-order valence-electron chi connectivity index (χ0n) is 19.6. The second-order valence-electron chi connectivity index (χ2n) is 7.92. The Labute approximate surface area is 190 Å². The van der Waals surface area contributed by atoms with Crippen molar-refractivity contribution in [3.63, 3.8) is 0 Å². The Kier molecular flexibility index (Phi) is 8.69. The molecule has 0 spiro atoms. The molecule has 0 aromatic carbocycles. The Morgan fingerprint density at radius 3 is 2.72 bits per heavy atom. The Morgan fingerprint density at radius 2 is 2.06 bits per heavy atom. The van der Waals surface area contributed by atoms with Crippen molar-refractivity contribution in [1.82, 2.24) is 24.8 Å². The SMILES string of the molecule is CCOCCNc1c(Nc2ccncn2)nc(N(C)C2CCN(C)CC2)nc1C(=N)CC. The summed E-state index contributed by atoms with van der Waals surface area (Å²) in [5.41, 5.74) is 1.75. The molecule has 2 aromatic heterocycles. The van der Waals surface area contributed by atoms with Gasteiger partial charge in [0.1, 0.15) is 23.5 Å². The lowest BCUT2D eigenvalue weighted by Gasteiger charge is -2.35. The summed E-state index contributed by atoms with van der Waals surface area (Å²) in [4.78, 5) is 22.5. The Bertz CT molecular complexity index is 869. The first-order valence-electron chi connectivity index (χ1n) is 11.3. The highest BCUT2D eigenvalue weighted by molar-refractivity contribution is 6.03.